The lowest BCUT2D eigenvalue weighted by molar-refractivity contribution is -0.138. The van der Waals surface area contributed by atoms with Crippen molar-refractivity contribution in [2.45, 2.75) is 18.9 Å². The number of imide groups is 1. The third-order valence-corrected chi connectivity index (χ3v) is 3.07. The zero-order chi connectivity index (χ0) is 13.2. The van der Waals surface area contributed by atoms with Crippen LogP contribution < -0.4 is 10.1 Å². The smallest absolute Gasteiger partial charge is 0.267 e. The van der Waals surface area contributed by atoms with Gasteiger partial charge in [0, 0.05) is 24.4 Å². The number of hydrogen-bond acceptors (Lipinski definition) is 4. The molecule has 5 heteroatoms. The van der Waals surface area contributed by atoms with E-state index in [1.165, 1.54) is 0 Å². The average Bonchev–Trinajstić information content (AvgIpc) is 2.42. The number of benzene rings is 1. The third kappa shape index (κ3) is 2.27. The highest BCUT2D eigenvalue weighted by Crippen LogP contribution is 2.25. The molecule has 0 saturated carbocycles. The molecule has 5 nitrogen and oxygen atoms in total. The van der Waals surface area contributed by atoms with E-state index in [4.69, 9.17) is 4.74 Å². The molecular weight excluding hydrogens is 244 g/mol. The second kappa shape index (κ2) is 4.68. The molecule has 1 saturated heterocycles. The maximum Gasteiger partial charge on any atom is 0.267 e. The zero-order valence-electron chi connectivity index (χ0n) is 10.1. The highest BCUT2D eigenvalue weighted by atomic mass is 16.5. The number of carbonyl (C=O) groups is 2. The summed E-state index contributed by atoms with van der Waals surface area (Å²) in [4.78, 5) is 27.0. The Bertz CT molecular complexity index is 649. The van der Waals surface area contributed by atoms with Gasteiger partial charge in [-0.05, 0) is 18.2 Å². The van der Waals surface area contributed by atoms with Gasteiger partial charge < -0.3 is 4.74 Å². The van der Waals surface area contributed by atoms with Crippen molar-refractivity contribution in [2.75, 3.05) is 0 Å². The fourth-order valence-corrected chi connectivity index (χ4v) is 2.11. The van der Waals surface area contributed by atoms with Gasteiger partial charge in [0.1, 0.15) is 5.75 Å². The summed E-state index contributed by atoms with van der Waals surface area (Å²) in [6, 6.07) is 9.29. The van der Waals surface area contributed by atoms with Crippen LogP contribution in [0, 0.1) is 0 Å². The molecule has 1 aromatic heterocycles. The molecule has 2 heterocycles. The van der Waals surface area contributed by atoms with Gasteiger partial charge in [-0.1, -0.05) is 12.1 Å². The molecule has 0 spiro atoms. The van der Waals surface area contributed by atoms with Gasteiger partial charge in [0.2, 0.25) is 5.91 Å². The molecule has 2 amide bonds. The highest BCUT2D eigenvalue weighted by Gasteiger charge is 2.28. The molecule has 1 atom stereocenters. The minimum absolute atomic E-state index is 0.246. The van der Waals surface area contributed by atoms with Gasteiger partial charge in [0.15, 0.2) is 6.10 Å². The number of ether oxygens (including phenoxy) is 1. The zero-order valence-corrected chi connectivity index (χ0v) is 10.1. The average molecular weight is 256 g/mol. The molecule has 1 aliphatic heterocycles. The first-order valence-corrected chi connectivity index (χ1v) is 6.08. The van der Waals surface area contributed by atoms with Crippen molar-refractivity contribution in [2.24, 2.45) is 0 Å². The monoisotopic (exact) mass is 256 g/mol. The lowest BCUT2D eigenvalue weighted by Crippen LogP contribution is -2.46. The Labute approximate surface area is 109 Å². The van der Waals surface area contributed by atoms with Crippen LogP contribution >= 0.6 is 0 Å². The van der Waals surface area contributed by atoms with Crippen LogP contribution in [0.2, 0.25) is 0 Å². The Hall–Kier alpha value is -2.43. The van der Waals surface area contributed by atoms with Gasteiger partial charge in [-0.3, -0.25) is 19.9 Å². The van der Waals surface area contributed by atoms with E-state index in [9.17, 15) is 9.59 Å². The van der Waals surface area contributed by atoms with E-state index in [1.807, 2.05) is 24.3 Å². The maximum atomic E-state index is 11.7. The summed E-state index contributed by atoms with van der Waals surface area (Å²) >= 11 is 0. The number of fused-ring (bicyclic) bond motifs is 1. The van der Waals surface area contributed by atoms with Crippen LogP contribution in [0.3, 0.4) is 0 Å². The largest absolute Gasteiger partial charge is 0.480 e. The van der Waals surface area contributed by atoms with Crippen LogP contribution in [0.4, 0.5) is 0 Å². The Morgan fingerprint density at radius 3 is 2.89 bits per heavy atom. The van der Waals surface area contributed by atoms with Gasteiger partial charge in [-0.15, -0.1) is 0 Å². The topological polar surface area (TPSA) is 68.3 Å². The molecule has 3 rings (SSSR count). The number of piperidine rings is 1. The number of aromatic nitrogens is 1. The lowest BCUT2D eigenvalue weighted by atomic mass is 10.1. The number of nitrogens with one attached hydrogen (secondary N) is 1. The lowest BCUT2D eigenvalue weighted by Gasteiger charge is -2.22. The molecule has 1 unspecified atom stereocenters. The predicted molar refractivity (Wildman–Crippen MR) is 68.5 cm³/mol. The number of amides is 2. The van der Waals surface area contributed by atoms with Crippen molar-refractivity contribution in [3.8, 4) is 5.75 Å². The third-order valence-electron chi connectivity index (χ3n) is 3.07. The number of pyridine rings is 1. The molecule has 0 radical (unpaired) electrons. The summed E-state index contributed by atoms with van der Waals surface area (Å²) < 4.78 is 5.72. The van der Waals surface area contributed by atoms with Crippen molar-refractivity contribution >= 4 is 22.7 Å². The first-order chi connectivity index (χ1) is 9.24. The Morgan fingerprint density at radius 1 is 1.21 bits per heavy atom. The molecule has 19 heavy (non-hydrogen) atoms. The molecule has 0 bridgehead atoms. The van der Waals surface area contributed by atoms with Crippen molar-refractivity contribution in [1.82, 2.24) is 10.3 Å². The summed E-state index contributed by atoms with van der Waals surface area (Å²) in [5.74, 6) is -0.0123. The molecule has 0 aliphatic carbocycles. The van der Waals surface area contributed by atoms with Crippen LogP contribution in [0.5, 0.6) is 5.75 Å². The molecule has 1 N–H and O–H groups in total. The van der Waals surface area contributed by atoms with Crippen molar-refractivity contribution in [1.29, 1.82) is 0 Å². The van der Waals surface area contributed by atoms with Crippen molar-refractivity contribution in [3.63, 3.8) is 0 Å². The van der Waals surface area contributed by atoms with Gasteiger partial charge in [0.05, 0.1) is 5.52 Å². The first kappa shape index (κ1) is 11.6. The Kier molecular flexibility index (Phi) is 2.87. The van der Waals surface area contributed by atoms with Gasteiger partial charge >= 0.3 is 0 Å². The van der Waals surface area contributed by atoms with Crippen molar-refractivity contribution < 1.29 is 14.3 Å². The molecular formula is C14H12N2O3. The molecule has 96 valence electrons. The van der Waals surface area contributed by atoms with E-state index >= 15 is 0 Å². The van der Waals surface area contributed by atoms with Gasteiger partial charge in [-0.25, -0.2) is 0 Å². The predicted octanol–water partition coefficient (Wildman–Crippen LogP) is 1.42. The van der Waals surface area contributed by atoms with Crippen LogP contribution in [0.25, 0.3) is 10.9 Å². The molecule has 2 aromatic rings. The second-order valence-corrected chi connectivity index (χ2v) is 4.38. The standard InChI is InChI=1S/C14H12N2O3/c17-13-6-5-12(14(18)16-13)19-11-7-8-15-10-4-2-1-3-9(10)11/h1-4,7-8,12H,5-6H2,(H,16,17,18). The van der Waals surface area contributed by atoms with Crippen LogP contribution in [0.15, 0.2) is 36.5 Å². The van der Waals surface area contributed by atoms with Crippen LogP contribution in [-0.2, 0) is 9.59 Å². The van der Waals surface area contributed by atoms with Gasteiger partial charge in [-0.2, -0.15) is 0 Å². The summed E-state index contributed by atoms with van der Waals surface area (Å²) in [5, 5.41) is 3.14. The number of rotatable bonds is 2. The van der Waals surface area contributed by atoms with Crippen molar-refractivity contribution in [3.05, 3.63) is 36.5 Å². The summed E-state index contributed by atoms with van der Waals surface area (Å²) in [6.07, 6.45) is 1.73. The number of hydrogen-bond donors (Lipinski definition) is 1. The van der Waals surface area contributed by atoms with E-state index in [1.54, 1.807) is 12.3 Å². The first-order valence-electron chi connectivity index (χ1n) is 6.08. The number of nitrogens with zero attached hydrogens (tertiary/aromatic N) is 1. The molecule has 1 fully saturated rings. The fraction of sp³-hybridized carbons (Fsp3) is 0.214. The summed E-state index contributed by atoms with van der Waals surface area (Å²) in [7, 11) is 0. The van der Waals surface area contributed by atoms with E-state index in [0.29, 0.717) is 18.6 Å². The Balaban J connectivity index is 1.89. The highest BCUT2D eigenvalue weighted by molar-refractivity contribution is 6.00. The second-order valence-electron chi connectivity index (χ2n) is 4.38. The minimum Gasteiger partial charge on any atom is -0.480 e. The SMILES string of the molecule is O=C1CCC(Oc2ccnc3ccccc23)C(=O)N1. The quantitative estimate of drug-likeness (QED) is 0.825. The van der Waals surface area contributed by atoms with E-state index in [2.05, 4.69) is 10.3 Å². The van der Waals surface area contributed by atoms with Crippen LogP contribution in [0.1, 0.15) is 12.8 Å². The Morgan fingerprint density at radius 2 is 2.05 bits per heavy atom. The maximum absolute atomic E-state index is 11.7. The summed E-state index contributed by atoms with van der Waals surface area (Å²) in [6.45, 7) is 0. The molecule has 1 aliphatic rings. The van der Waals surface area contributed by atoms with Crippen LogP contribution in [-0.4, -0.2) is 22.9 Å². The number of carbonyl (C=O) groups excluding carboxylic acids is 2. The van der Waals surface area contributed by atoms with Gasteiger partial charge in [0.25, 0.3) is 5.91 Å². The van der Waals surface area contributed by atoms with E-state index in [0.717, 1.165) is 10.9 Å². The van der Waals surface area contributed by atoms with E-state index < -0.39 is 6.10 Å². The van der Waals surface area contributed by atoms with E-state index in [-0.39, 0.29) is 11.8 Å². The fourth-order valence-electron chi connectivity index (χ4n) is 2.11. The molecule has 1 aromatic carbocycles. The summed E-state index contributed by atoms with van der Waals surface area (Å²) in [5.41, 5.74) is 0.812. The normalized spacial score (nSPS) is 19.3. The minimum atomic E-state index is -0.622. The number of para-hydroxylation sites is 1.